The Morgan fingerprint density at radius 2 is 2.07 bits per heavy atom. The van der Waals surface area contributed by atoms with Crippen molar-refractivity contribution in [3.05, 3.63) is 46.1 Å². The van der Waals surface area contributed by atoms with Crippen LogP contribution in [0.25, 0.3) is 0 Å². The van der Waals surface area contributed by atoms with Gasteiger partial charge in [-0.3, -0.25) is 4.79 Å². The number of aromatic nitrogens is 1. The second kappa shape index (κ2) is 7.90. The normalized spacial score (nSPS) is 14.9. The van der Waals surface area contributed by atoms with Gasteiger partial charge in [-0.05, 0) is 25.1 Å². The summed E-state index contributed by atoms with van der Waals surface area (Å²) < 4.78 is 56.1. The smallest absolute Gasteiger partial charge is 0.350 e. The predicted molar refractivity (Wildman–Crippen MR) is 94.0 cm³/mol. The Labute approximate surface area is 167 Å². The molecule has 1 aromatic heterocycles. The highest BCUT2D eigenvalue weighted by Crippen LogP contribution is 2.25. The van der Waals surface area contributed by atoms with Crippen molar-refractivity contribution in [1.82, 2.24) is 15.4 Å². The Bertz CT molecular complexity index is 947. The summed E-state index contributed by atoms with van der Waals surface area (Å²) in [6.07, 6.45) is -4.36. The van der Waals surface area contributed by atoms with Gasteiger partial charge in [0.2, 0.25) is 5.76 Å². The first-order valence-corrected chi connectivity index (χ1v) is 8.80. The van der Waals surface area contributed by atoms with E-state index in [2.05, 4.69) is 10.5 Å². The number of alkyl halides is 3. The quantitative estimate of drug-likeness (QED) is 0.720. The van der Waals surface area contributed by atoms with Crippen LogP contribution in [-0.4, -0.2) is 40.8 Å². The van der Waals surface area contributed by atoms with Crippen molar-refractivity contribution in [1.29, 1.82) is 0 Å². The lowest BCUT2D eigenvalue weighted by Gasteiger charge is -2.26. The van der Waals surface area contributed by atoms with Gasteiger partial charge in [0.15, 0.2) is 0 Å². The van der Waals surface area contributed by atoms with E-state index >= 15 is 0 Å². The molecule has 0 aliphatic carbocycles. The van der Waals surface area contributed by atoms with Crippen LogP contribution < -0.4 is 10.6 Å². The molecule has 0 fully saturated rings. The lowest BCUT2D eigenvalue weighted by molar-refractivity contribution is -0.149. The Morgan fingerprint density at radius 3 is 2.72 bits per heavy atom. The summed E-state index contributed by atoms with van der Waals surface area (Å²) in [5, 5.41) is 7.89. The zero-order chi connectivity index (χ0) is 21.3. The number of nitrogens with one attached hydrogen (secondary N) is 2. The lowest BCUT2D eigenvalue weighted by atomic mass is 10.1. The largest absolute Gasteiger partial charge is 0.408 e. The van der Waals surface area contributed by atoms with E-state index in [-0.39, 0.29) is 41.5 Å². The molecular weight excluding hydrogens is 420 g/mol. The maximum atomic E-state index is 13.2. The van der Waals surface area contributed by atoms with Crippen LogP contribution in [0.3, 0.4) is 0 Å². The van der Waals surface area contributed by atoms with Gasteiger partial charge in [-0.2, -0.15) is 13.2 Å². The highest BCUT2D eigenvalue weighted by atomic mass is 35.5. The van der Waals surface area contributed by atoms with Crippen LogP contribution in [0.2, 0.25) is 5.02 Å². The summed E-state index contributed by atoms with van der Waals surface area (Å²) >= 11 is 5.68. The van der Waals surface area contributed by atoms with Crippen LogP contribution in [0.4, 0.5) is 28.0 Å². The van der Waals surface area contributed by atoms with Gasteiger partial charge < -0.3 is 20.1 Å². The summed E-state index contributed by atoms with van der Waals surface area (Å²) in [7, 11) is 0. The van der Waals surface area contributed by atoms with Crippen LogP contribution in [-0.2, 0) is 13.0 Å². The van der Waals surface area contributed by atoms with Crippen LogP contribution in [0.1, 0.15) is 28.7 Å². The average molecular weight is 435 g/mol. The highest BCUT2D eigenvalue weighted by Gasteiger charge is 2.39. The van der Waals surface area contributed by atoms with Crippen molar-refractivity contribution in [2.45, 2.75) is 32.1 Å². The number of carbonyl (C=O) groups is 2. The molecule has 0 saturated heterocycles. The minimum Gasteiger partial charge on any atom is -0.350 e. The van der Waals surface area contributed by atoms with Gasteiger partial charge >= 0.3 is 12.2 Å². The van der Waals surface area contributed by atoms with E-state index in [0.29, 0.717) is 5.69 Å². The maximum absolute atomic E-state index is 13.2. The fourth-order valence-corrected chi connectivity index (χ4v) is 2.87. The third-order valence-electron chi connectivity index (χ3n) is 4.34. The number of hydrogen-bond donors (Lipinski definition) is 2. The zero-order valence-corrected chi connectivity index (χ0v) is 15.7. The zero-order valence-electron chi connectivity index (χ0n) is 14.9. The first-order chi connectivity index (χ1) is 13.6. The number of carbonyl (C=O) groups excluding carboxylic acids is 2. The summed E-state index contributed by atoms with van der Waals surface area (Å²) in [6, 6.07) is 1.01. The molecule has 1 atom stereocenters. The summed E-state index contributed by atoms with van der Waals surface area (Å²) in [5.41, 5.74) is 0.883. The van der Waals surface area contributed by atoms with Gasteiger partial charge in [-0.1, -0.05) is 16.8 Å². The van der Waals surface area contributed by atoms with E-state index in [1.807, 2.05) is 0 Å². The maximum Gasteiger partial charge on any atom is 0.408 e. The molecule has 29 heavy (non-hydrogen) atoms. The summed E-state index contributed by atoms with van der Waals surface area (Å²) in [5.74, 6) is -2.09. The molecule has 3 rings (SSSR count). The average Bonchev–Trinajstić information content (AvgIpc) is 3.07. The molecular formula is C17H15ClF4N4O3. The summed E-state index contributed by atoms with van der Waals surface area (Å²) in [6.45, 7) is 0.942. The van der Waals surface area contributed by atoms with Crippen molar-refractivity contribution in [3.8, 4) is 0 Å². The van der Waals surface area contributed by atoms with E-state index < -0.39 is 30.0 Å². The van der Waals surface area contributed by atoms with Crippen LogP contribution in [0.5, 0.6) is 0 Å². The third kappa shape index (κ3) is 4.61. The molecule has 12 heteroatoms. The lowest BCUT2D eigenvalue weighted by Crippen LogP contribution is -2.44. The standard InChI is InChI=1S/C17H15ClF4N4O3/c1-8(17(20,21)22)23-15(27)14-10-7-26(5-4-13(10)25-29-14)16(28)24-9-2-3-12(19)11(18)6-9/h2-3,6,8H,4-5,7H2,1H3,(H,23,27)(H,24,28)/t8-/m1/s1. The summed E-state index contributed by atoms with van der Waals surface area (Å²) in [4.78, 5) is 25.9. The van der Waals surface area contributed by atoms with Crippen molar-refractivity contribution >= 4 is 29.2 Å². The minimum atomic E-state index is -4.61. The van der Waals surface area contributed by atoms with Crippen molar-refractivity contribution in [2.75, 3.05) is 11.9 Å². The van der Waals surface area contributed by atoms with E-state index in [9.17, 15) is 27.2 Å². The molecule has 0 saturated carbocycles. The number of anilines is 1. The van der Waals surface area contributed by atoms with Gasteiger partial charge in [0.1, 0.15) is 11.9 Å². The second-order valence-corrected chi connectivity index (χ2v) is 6.81. The molecule has 0 unspecified atom stereocenters. The predicted octanol–water partition coefficient (Wildman–Crippen LogP) is 3.74. The van der Waals surface area contributed by atoms with Gasteiger partial charge in [0.25, 0.3) is 5.91 Å². The molecule has 2 heterocycles. The molecule has 2 N–H and O–H groups in total. The Balaban J connectivity index is 1.71. The second-order valence-electron chi connectivity index (χ2n) is 6.40. The number of fused-ring (bicyclic) bond motifs is 1. The Kier molecular flexibility index (Phi) is 5.69. The van der Waals surface area contributed by atoms with Crippen LogP contribution >= 0.6 is 11.6 Å². The molecule has 1 aliphatic rings. The van der Waals surface area contributed by atoms with Crippen molar-refractivity contribution < 1.29 is 31.7 Å². The molecule has 1 aliphatic heterocycles. The number of rotatable bonds is 3. The van der Waals surface area contributed by atoms with Crippen molar-refractivity contribution in [3.63, 3.8) is 0 Å². The van der Waals surface area contributed by atoms with Crippen LogP contribution in [0, 0.1) is 5.82 Å². The number of benzene rings is 1. The molecule has 0 bridgehead atoms. The monoisotopic (exact) mass is 434 g/mol. The number of amides is 3. The van der Waals surface area contributed by atoms with Gasteiger partial charge in [0, 0.05) is 24.2 Å². The fraction of sp³-hybridized carbons (Fsp3) is 0.353. The first-order valence-electron chi connectivity index (χ1n) is 8.42. The van der Waals surface area contributed by atoms with Gasteiger partial charge in [0.05, 0.1) is 17.3 Å². The van der Waals surface area contributed by atoms with E-state index in [1.54, 1.807) is 5.32 Å². The molecule has 3 amide bonds. The Hall–Kier alpha value is -2.82. The molecule has 0 radical (unpaired) electrons. The number of nitrogens with zero attached hydrogens (tertiary/aromatic N) is 2. The van der Waals surface area contributed by atoms with E-state index in [0.717, 1.165) is 13.0 Å². The number of halogens is 5. The van der Waals surface area contributed by atoms with Gasteiger partial charge in [-0.25, -0.2) is 9.18 Å². The van der Waals surface area contributed by atoms with E-state index in [1.165, 1.54) is 17.0 Å². The Morgan fingerprint density at radius 1 is 1.34 bits per heavy atom. The molecule has 1 aromatic carbocycles. The number of urea groups is 1. The molecule has 0 spiro atoms. The fourth-order valence-electron chi connectivity index (χ4n) is 2.68. The van der Waals surface area contributed by atoms with Crippen molar-refractivity contribution in [2.24, 2.45) is 0 Å². The van der Waals surface area contributed by atoms with Gasteiger partial charge in [-0.15, -0.1) is 0 Å². The SMILES string of the molecule is C[C@@H](NC(=O)c1onc2c1CN(C(=O)Nc1ccc(F)c(Cl)c1)CC2)C(F)(F)F. The van der Waals surface area contributed by atoms with E-state index in [4.69, 9.17) is 16.1 Å². The molecule has 7 nitrogen and oxygen atoms in total. The first kappa shape index (κ1) is 20.9. The molecule has 2 aromatic rings. The third-order valence-corrected chi connectivity index (χ3v) is 4.63. The number of hydrogen-bond acceptors (Lipinski definition) is 4. The van der Waals surface area contributed by atoms with Crippen LogP contribution in [0.15, 0.2) is 22.7 Å². The minimum absolute atomic E-state index is 0.0945. The topological polar surface area (TPSA) is 87.5 Å². The molecule has 156 valence electrons. The highest BCUT2D eigenvalue weighted by molar-refractivity contribution is 6.31.